The molecule has 1 saturated heterocycles. The molecule has 4 atom stereocenters. The van der Waals surface area contributed by atoms with Crippen LogP contribution in [0.1, 0.15) is 45.1 Å². The SMILES string of the molecule is CSCCC(NC(=O)C(Cc1ccc(O)cc1)NC(=O)C(CC(C)C)NC(=O)C1CCCN1)C(=O)O. The van der Waals surface area contributed by atoms with Crippen molar-refractivity contribution >= 4 is 35.5 Å². The molecule has 10 nitrogen and oxygen atoms in total. The topological polar surface area (TPSA) is 157 Å². The molecule has 2 rings (SSSR count). The van der Waals surface area contributed by atoms with Gasteiger partial charge in [-0.15, -0.1) is 0 Å². The fourth-order valence-corrected chi connectivity index (χ4v) is 4.47. The lowest BCUT2D eigenvalue weighted by Crippen LogP contribution is -2.57. The van der Waals surface area contributed by atoms with Crippen LogP contribution in [0.2, 0.25) is 0 Å². The van der Waals surface area contributed by atoms with Gasteiger partial charge in [-0.05, 0) is 67.9 Å². The van der Waals surface area contributed by atoms with Crippen molar-refractivity contribution in [3.8, 4) is 5.75 Å². The summed E-state index contributed by atoms with van der Waals surface area (Å²) in [7, 11) is 0. The van der Waals surface area contributed by atoms with Crippen molar-refractivity contribution < 1.29 is 29.4 Å². The second-order valence-corrected chi connectivity index (χ2v) is 10.4. The summed E-state index contributed by atoms with van der Waals surface area (Å²) in [5, 5.41) is 30.3. The molecule has 0 aromatic heterocycles. The number of carbonyl (C=O) groups excluding carboxylic acids is 3. The Morgan fingerprint density at radius 1 is 1.03 bits per heavy atom. The Morgan fingerprint density at radius 3 is 2.22 bits per heavy atom. The molecule has 1 fully saturated rings. The van der Waals surface area contributed by atoms with Crippen LogP contribution < -0.4 is 21.3 Å². The number of carboxylic acid groups (broad SMARTS) is 1. The maximum atomic E-state index is 13.3. The van der Waals surface area contributed by atoms with Crippen LogP contribution in [0.25, 0.3) is 0 Å². The highest BCUT2D eigenvalue weighted by molar-refractivity contribution is 7.98. The van der Waals surface area contributed by atoms with Crippen molar-refractivity contribution in [1.29, 1.82) is 0 Å². The molecule has 0 radical (unpaired) electrons. The number of rotatable bonds is 14. The van der Waals surface area contributed by atoms with E-state index in [0.717, 1.165) is 13.0 Å². The van der Waals surface area contributed by atoms with E-state index in [1.54, 1.807) is 12.1 Å². The zero-order valence-corrected chi connectivity index (χ0v) is 21.9. The van der Waals surface area contributed by atoms with E-state index in [1.807, 2.05) is 20.1 Å². The Kier molecular flexibility index (Phi) is 12.0. The van der Waals surface area contributed by atoms with E-state index in [9.17, 15) is 29.4 Å². The highest BCUT2D eigenvalue weighted by atomic mass is 32.2. The quantitative estimate of drug-likeness (QED) is 0.211. The summed E-state index contributed by atoms with van der Waals surface area (Å²) < 4.78 is 0. The minimum Gasteiger partial charge on any atom is -0.508 e. The molecule has 1 aliphatic rings. The van der Waals surface area contributed by atoms with Crippen molar-refractivity contribution in [2.24, 2.45) is 5.92 Å². The largest absolute Gasteiger partial charge is 0.508 e. The molecule has 1 aliphatic heterocycles. The molecule has 0 saturated carbocycles. The van der Waals surface area contributed by atoms with Crippen LogP contribution in [0, 0.1) is 5.92 Å². The van der Waals surface area contributed by atoms with Crippen LogP contribution in [0.5, 0.6) is 5.75 Å². The first-order chi connectivity index (χ1) is 17.1. The average molecular weight is 523 g/mol. The Labute approximate surface area is 216 Å². The summed E-state index contributed by atoms with van der Waals surface area (Å²) in [6.45, 7) is 4.61. The number of phenols is 1. The fraction of sp³-hybridized carbons (Fsp3) is 0.600. The van der Waals surface area contributed by atoms with Crippen molar-refractivity contribution in [3.05, 3.63) is 29.8 Å². The maximum absolute atomic E-state index is 13.3. The van der Waals surface area contributed by atoms with Gasteiger partial charge in [-0.3, -0.25) is 14.4 Å². The fourth-order valence-electron chi connectivity index (χ4n) is 4.00. The van der Waals surface area contributed by atoms with Crippen LogP contribution in [0.4, 0.5) is 0 Å². The molecule has 200 valence electrons. The van der Waals surface area contributed by atoms with Crippen molar-refractivity contribution in [2.75, 3.05) is 18.6 Å². The van der Waals surface area contributed by atoms with E-state index >= 15 is 0 Å². The first kappa shape index (κ1) is 29.4. The number of hydrogen-bond donors (Lipinski definition) is 6. The summed E-state index contributed by atoms with van der Waals surface area (Å²) in [4.78, 5) is 50.8. The van der Waals surface area contributed by atoms with E-state index in [-0.39, 0.29) is 36.5 Å². The third kappa shape index (κ3) is 9.69. The minimum atomic E-state index is -1.15. The molecule has 1 aromatic rings. The third-order valence-corrected chi connectivity index (χ3v) is 6.60. The molecule has 0 bridgehead atoms. The average Bonchev–Trinajstić information content (AvgIpc) is 3.36. The lowest BCUT2D eigenvalue weighted by atomic mass is 10.0. The number of benzene rings is 1. The van der Waals surface area contributed by atoms with E-state index < -0.39 is 35.9 Å². The summed E-state index contributed by atoms with van der Waals surface area (Å²) >= 11 is 1.47. The Morgan fingerprint density at radius 2 is 1.67 bits per heavy atom. The monoisotopic (exact) mass is 522 g/mol. The van der Waals surface area contributed by atoms with Gasteiger partial charge in [-0.25, -0.2) is 4.79 Å². The van der Waals surface area contributed by atoms with Crippen LogP contribution in [0.15, 0.2) is 24.3 Å². The maximum Gasteiger partial charge on any atom is 0.326 e. The lowest BCUT2D eigenvalue weighted by Gasteiger charge is -2.26. The smallest absolute Gasteiger partial charge is 0.326 e. The van der Waals surface area contributed by atoms with Crippen molar-refractivity contribution in [2.45, 2.75) is 70.1 Å². The Bertz CT molecular complexity index is 889. The first-order valence-electron chi connectivity index (χ1n) is 12.2. The van der Waals surface area contributed by atoms with Gasteiger partial charge in [-0.2, -0.15) is 11.8 Å². The Hall–Kier alpha value is -2.79. The number of aromatic hydroxyl groups is 1. The third-order valence-electron chi connectivity index (χ3n) is 5.95. The van der Waals surface area contributed by atoms with Crippen LogP contribution in [-0.4, -0.2) is 76.6 Å². The van der Waals surface area contributed by atoms with Crippen LogP contribution >= 0.6 is 11.8 Å². The molecule has 6 N–H and O–H groups in total. The molecular formula is C25H38N4O6S. The molecule has 1 heterocycles. The zero-order chi connectivity index (χ0) is 26.7. The summed E-state index contributed by atoms with van der Waals surface area (Å²) in [6.07, 6.45) is 4.12. The molecule has 0 aliphatic carbocycles. The molecule has 11 heteroatoms. The summed E-state index contributed by atoms with van der Waals surface area (Å²) in [5.41, 5.74) is 0.670. The van der Waals surface area contributed by atoms with Gasteiger partial charge in [0.15, 0.2) is 0 Å². The van der Waals surface area contributed by atoms with E-state index in [1.165, 1.54) is 23.9 Å². The highest BCUT2D eigenvalue weighted by Gasteiger charge is 2.32. The normalized spacial score (nSPS) is 17.7. The lowest BCUT2D eigenvalue weighted by molar-refractivity contribution is -0.142. The molecule has 4 unspecified atom stereocenters. The van der Waals surface area contributed by atoms with Gasteiger partial charge in [0, 0.05) is 6.42 Å². The van der Waals surface area contributed by atoms with E-state index in [2.05, 4.69) is 21.3 Å². The molecule has 0 spiro atoms. The van der Waals surface area contributed by atoms with Crippen molar-refractivity contribution in [1.82, 2.24) is 21.3 Å². The van der Waals surface area contributed by atoms with Gasteiger partial charge in [0.2, 0.25) is 17.7 Å². The van der Waals surface area contributed by atoms with Gasteiger partial charge in [0.25, 0.3) is 0 Å². The number of phenolic OH excluding ortho intramolecular Hbond substituents is 1. The molecule has 1 aromatic carbocycles. The van der Waals surface area contributed by atoms with Gasteiger partial charge < -0.3 is 31.5 Å². The van der Waals surface area contributed by atoms with E-state index in [4.69, 9.17) is 0 Å². The number of aliphatic carboxylic acids is 1. The Balaban J connectivity index is 2.20. The van der Waals surface area contributed by atoms with Crippen LogP contribution in [0.3, 0.4) is 0 Å². The number of hydrogen-bond acceptors (Lipinski definition) is 7. The number of thioether (sulfide) groups is 1. The van der Waals surface area contributed by atoms with Gasteiger partial charge in [-0.1, -0.05) is 26.0 Å². The molecule has 3 amide bonds. The molecular weight excluding hydrogens is 484 g/mol. The predicted octanol–water partition coefficient (Wildman–Crippen LogP) is 1.02. The zero-order valence-electron chi connectivity index (χ0n) is 21.1. The number of amides is 3. The summed E-state index contributed by atoms with van der Waals surface area (Å²) in [6, 6.07) is 2.84. The predicted molar refractivity (Wildman–Crippen MR) is 139 cm³/mol. The van der Waals surface area contributed by atoms with Gasteiger partial charge in [0.05, 0.1) is 6.04 Å². The standard InChI is InChI=1S/C25H38N4O6S/c1-15(2)13-20(28-22(31)18-5-4-11-26-18)23(32)29-21(14-16-6-8-17(30)9-7-16)24(33)27-19(25(34)35)10-12-36-3/h6-9,15,18-21,26,30H,4-5,10-14H2,1-3H3,(H,27,33)(H,28,31)(H,29,32)(H,34,35). The molecule has 36 heavy (non-hydrogen) atoms. The van der Waals surface area contributed by atoms with Gasteiger partial charge in [0.1, 0.15) is 23.9 Å². The second kappa shape index (κ2) is 14.7. The van der Waals surface area contributed by atoms with Crippen molar-refractivity contribution in [3.63, 3.8) is 0 Å². The van der Waals surface area contributed by atoms with Gasteiger partial charge >= 0.3 is 5.97 Å². The number of carboxylic acids is 1. The highest BCUT2D eigenvalue weighted by Crippen LogP contribution is 2.13. The second-order valence-electron chi connectivity index (χ2n) is 9.45. The number of carbonyl (C=O) groups is 4. The first-order valence-corrected chi connectivity index (χ1v) is 13.6. The van der Waals surface area contributed by atoms with Crippen LogP contribution in [-0.2, 0) is 25.6 Å². The minimum absolute atomic E-state index is 0.0621. The van der Waals surface area contributed by atoms with E-state index in [0.29, 0.717) is 24.2 Å². The number of nitrogens with one attached hydrogen (secondary N) is 4. The summed E-state index contributed by atoms with van der Waals surface area (Å²) in [5.74, 6) is -1.83.